The molecule has 0 aliphatic heterocycles. The van der Waals surface area contributed by atoms with Crippen molar-refractivity contribution in [1.29, 1.82) is 0 Å². The van der Waals surface area contributed by atoms with Crippen LogP contribution in [0.2, 0.25) is 0 Å². The highest BCUT2D eigenvalue weighted by Gasteiger charge is 2.09. The van der Waals surface area contributed by atoms with Crippen molar-refractivity contribution in [2.24, 2.45) is 0 Å². The smallest absolute Gasteiger partial charge is 0.255 e. The normalized spacial score (nSPS) is 12.9. The average molecular weight is 216 g/mol. The third-order valence-corrected chi connectivity index (χ3v) is 2.05. The van der Waals surface area contributed by atoms with Crippen LogP contribution in [0.5, 0.6) is 0 Å². The van der Waals surface area contributed by atoms with Crippen molar-refractivity contribution in [2.45, 2.75) is 19.5 Å². The monoisotopic (exact) mass is 216 g/mol. The molecule has 3 nitrogen and oxygen atoms in total. The summed E-state index contributed by atoms with van der Waals surface area (Å²) in [6.45, 7) is 1.28. The number of halogens is 2. The first-order chi connectivity index (χ1) is 7.00. The van der Waals surface area contributed by atoms with Gasteiger partial charge in [0.1, 0.15) is 0 Å². The van der Waals surface area contributed by atoms with E-state index in [-0.39, 0.29) is 6.54 Å². The van der Waals surface area contributed by atoms with E-state index in [1.807, 2.05) is 0 Å². The molecule has 0 amide bonds. The molecular formula is C10H14F2N2O. The molecule has 1 unspecified atom stereocenters. The summed E-state index contributed by atoms with van der Waals surface area (Å²) in [5, 5.41) is 9.20. The third kappa shape index (κ3) is 3.43. The molecule has 1 rings (SSSR count). The number of alkyl halides is 2. The number of anilines is 1. The number of hydrogen-bond donors (Lipinski definition) is 1. The largest absolute Gasteiger partial charge is 0.387 e. The Balaban J connectivity index is 2.71. The van der Waals surface area contributed by atoms with Gasteiger partial charge < -0.3 is 10.0 Å². The van der Waals surface area contributed by atoms with Crippen molar-refractivity contribution in [3.05, 3.63) is 24.0 Å². The van der Waals surface area contributed by atoms with Crippen LogP contribution in [-0.2, 0) is 0 Å². The SMILES string of the molecule is CC(O)c1ccc(N(C)CC(F)F)cn1. The van der Waals surface area contributed by atoms with E-state index in [0.717, 1.165) is 0 Å². The lowest BCUT2D eigenvalue weighted by Crippen LogP contribution is -2.24. The van der Waals surface area contributed by atoms with Crippen LogP contribution in [0.1, 0.15) is 18.7 Å². The van der Waals surface area contributed by atoms with Crippen LogP contribution in [0.25, 0.3) is 0 Å². The fourth-order valence-electron chi connectivity index (χ4n) is 1.18. The molecule has 0 bridgehead atoms. The van der Waals surface area contributed by atoms with E-state index < -0.39 is 12.5 Å². The molecule has 1 aromatic heterocycles. The Morgan fingerprint density at radius 1 is 1.47 bits per heavy atom. The maximum atomic E-state index is 12.1. The average Bonchev–Trinajstić information content (AvgIpc) is 2.17. The van der Waals surface area contributed by atoms with Crippen molar-refractivity contribution < 1.29 is 13.9 Å². The molecule has 84 valence electrons. The van der Waals surface area contributed by atoms with Crippen LogP contribution < -0.4 is 4.90 Å². The molecule has 0 aromatic carbocycles. The Kier molecular flexibility index (Phi) is 3.96. The molecule has 5 heteroatoms. The molecule has 0 spiro atoms. The molecule has 0 fully saturated rings. The maximum Gasteiger partial charge on any atom is 0.255 e. The molecule has 1 atom stereocenters. The summed E-state index contributed by atoms with van der Waals surface area (Å²) in [4.78, 5) is 5.39. The summed E-state index contributed by atoms with van der Waals surface area (Å²) in [7, 11) is 1.57. The van der Waals surface area contributed by atoms with E-state index in [2.05, 4.69) is 4.98 Å². The molecular weight excluding hydrogens is 202 g/mol. The number of aliphatic hydroxyl groups excluding tert-OH is 1. The summed E-state index contributed by atoms with van der Waals surface area (Å²) in [5.41, 5.74) is 1.14. The number of nitrogens with zero attached hydrogens (tertiary/aromatic N) is 2. The molecule has 0 saturated carbocycles. The van der Waals surface area contributed by atoms with Crippen LogP contribution >= 0.6 is 0 Å². The van der Waals surface area contributed by atoms with Gasteiger partial charge in [0, 0.05) is 7.05 Å². The molecule has 0 saturated heterocycles. The van der Waals surface area contributed by atoms with Gasteiger partial charge in [-0.05, 0) is 19.1 Å². The van der Waals surface area contributed by atoms with Crippen molar-refractivity contribution in [1.82, 2.24) is 4.98 Å². The second kappa shape index (κ2) is 5.02. The van der Waals surface area contributed by atoms with Crippen LogP contribution in [0, 0.1) is 0 Å². The first kappa shape index (κ1) is 11.8. The molecule has 1 N–H and O–H groups in total. The molecule has 1 heterocycles. The number of rotatable bonds is 4. The highest BCUT2D eigenvalue weighted by Crippen LogP contribution is 2.15. The Morgan fingerprint density at radius 3 is 2.53 bits per heavy atom. The van der Waals surface area contributed by atoms with E-state index in [1.165, 1.54) is 11.1 Å². The van der Waals surface area contributed by atoms with Gasteiger partial charge in [-0.3, -0.25) is 4.98 Å². The first-order valence-corrected chi connectivity index (χ1v) is 4.64. The van der Waals surface area contributed by atoms with Crippen LogP contribution in [-0.4, -0.2) is 30.1 Å². The Hall–Kier alpha value is -1.23. The third-order valence-electron chi connectivity index (χ3n) is 2.05. The van der Waals surface area contributed by atoms with E-state index in [4.69, 9.17) is 0 Å². The summed E-state index contributed by atoms with van der Waals surface area (Å²) < 4.78 is 24.2. The Bertz CT molecular complexity index is 301. The van der Waals surface area contributed by atoms with Gasteiger partial charge in [0.15, 0.2) is 0 Å². The van der Waals surface area contributed by atoms with Crippen molar-refractivity contribution >= 4 is 5.69 Å². The van der Waals surface area contributed by atoms with Crippen LogP contribution in [0.4, 0.5) is 14.5 Å². The quantitative estimate of drug-likeness (QED) is 0.834. The fourth-order valence-corrected chi connectivity index (χ4v) is 1.18. The fraction of sp³-hybridized carbons (Fsp3) is 0.500. The summed E-state index contributed by atoms with van der Waals surface area (Å²) >= 11 is 0. The van der Waals surface area contributed by atoms with Crippen molar-refractivity contribution in [2.75, 3.05) is 18.5 Å². The summed E-state index contributed by atoms with van der Waals surface area (Å²) in [6.07, 6.45) is -1.53. The maximum absolute atomic E-state index is 12.1. The Labute approximate surface area is 87.4 Å². The van der Waals surface area contributed by atoms with Crippen LogP contribution in [0.3, 0.4) is 0 Å². The summed E-state index contributed by atoms with van der Waals surface area (Å²) in [5.74, 6) is 0. The molecule has 0 aliphatic carbocycles. The minimum atomic E-state index is -2.37. The molecule has 0 aliphatic rings. The van der Waals surface area contributed by atoms with Gasteiger partial charge in [-0.15, -0.1) is 0 Å². The van der Waals surface area contributed by atoms with Gasteiger partial charge >= 0.3 is 0 Å². The van der Waals surface area contributed by atoms with Crippen molar-refractivity contribution in [3.8, 4) is 0 Å². The van der Waals surface area contributed by atoms with E-state index in [1.54, 1.807) is 26.1 Å². The minimum Gasteiger partial charge on any atom is -0.387 e. The van der Waals surface area contributed by atoms with Crippen molar-refractivity contribution in [3.63, 3.8) is 0 Å². The summed E-state index contributed by atoms with van der Waals surface area (Å²) in [6, 6.07) is 3.29. The van der Waals surface area contributed by atoms with Gasteiger partial charge in [-0.2, -0.15) is 0 Å². The van der Waals surface area contributed by atoms with Gasteiger partial charge in [-0.25, -0.2) is 8.78 Å². The topological polar surface area (TPSA) is 36.4 Å². The lowest BCUT2D eigenvalue weighted by molar-refractivity contribution is 0.156. The van der Waals surface area contributed by atoms with E-state index in [0.29, 0.717) is 11.4 Å². The number of aromatic nitrogens is 1. The lowest BCUT2D eigenvalue weighted by Gasteiger charge is -2.18. The zero-order valence-electron chi connectivity index (χ0n) is 8.69. The van der Waals surface area contributed by atoms with Gasteiger partial charge in [0.25, 0.3) is 6.43 Å². The first-order valence-electron chi connectivity index (χ1n) is 4.64. The molecule has 1 aromatic rings. The highest BCUT2D eigenvalue weighted by molar-refractivity contribution is 5.43. The standard InChI is InChI=1S/C10H14F2N2O/c1-7(15)9-4-3-8(5-13-9)14(2)6-10(11)12/h3-5,7,10,15H,6H2,1-2H3. The number of hydrogen-bond acceptors (Lipinski definition) is 3. The predicted molar refractivity (Wildman–Crippen MR) is 54.1 cm³/mol. The second-order valence-corrected chi connectivity index (χ2v) is 3.39. The zero-order valence-corrected chi connectivity index (χ0v) is 8.69. The molecule has 0 radical (unpaired) electrons. The van der Waals surface area contributed by atoms with E-state index in [9.17, 15) is 13.9 Å². The van der Waals surface area contributed by atoms with Gasteiger partial charge in [0.2, 0.25) is 0 Å². The minimum absolute atomic E-state index is 0.324. The second-order valence-electron chi connectivity index (χ2n) is 3.39. The predicted octanol–water partition coefficient (Wildman–Crippen LogP) is 1.84. The number of pyridine rings is 1. The van der Waals surface area contributed by atoms with E-state index >= 15 is 0 Å². The molecule has 15 heavy (non-hydrogen) atoms. The lowest BCUT2D eigenvalue weighted by atomic mass is 10.2. The number of aliphatic hydroxyl groups is 1. The zero-order chi connectivity index (χ0) is 11.4. The van der Waals surface area contributed by atoms with Gasteiger partial charge in [-0.1, -0.05) is 0 Å². The Morgan fingerprint density at radius 2 is 2.13 bits per heavy atom. The van der Waals surface area contributed by atoms with Gasteiger partial charge in [0.05, 0.1) is 30.2 Å². The highest BCUT2D eigenvalue weighted by atomic mass is 19.3. The van der Waals surface area contributed by atoms with Crippen LogP contribution in [0.15, 0.2) is 18.3 Å².